The van der Waals surface area contributed by atoms with E-state index in [9.17, 15) is 4.79 Å². The third-order valence-corrected chi connectivity index (χ3v) is 3.99. The Hall–Kier alpha value is -2.09. The highest BCUT2D eigenvalue weighted by molar-refractivity contribution is 5.89. The van der Waals surface area contributed by atoms with Crippen molar-refractivity contribution in [2.45, 2.75) is 32.6 Å². The molecule has 2 nitrogen and oxygen atoms in total. The summed E-state index contributed by atoms with van der Waals surface area (Å²) < 4.78 is 0. The lowest BCUT2D eigenvalue weighted by Crippen LogP contribution is -2.14. The first-order chi connectivity index (χ1) is 9.44. The zero-order valence-electron chi connectivity index (χ0n) is 12.2. The third-order valence-electron chi connectivity index (χ3n) is 3.99. The highest BCUT2D eigenvalue weighted by Gasteiger charge is 2.17. The number of rotatable bonds is 4. The van der Waals surface area contributed by atoms with E-state index in [0.29, 0.717) is 5.56 Å². The first kappa shape index (κ1) is 14.3. The predicted octanol–water partition coefficient (Wildman–Crippen LogP) is 4.74. The van der Waals surface area contributed by atoms with Crippen molar-refractivity contribution >= 4 is 5.97 Å². The molecule has 0 spiro atoms. The average Bonchev–Trinajstić information content (AvgIpc) is 2.47. The van der Waals surface area contributed by atoms with Crippen molar-refractivity contribution in [2.75, 3.05) is 0 Å². The van der Waals surface area contributed by atoms with Crippen LogP contribution in [0, 0.1) is 0 Å². The monoisotopic (exact) mass is 268 g/mol. The summed E-state index contributed by atoms with van der Waals surface area (Å²) in [7, 11) is 0. The molecule has 0 amide bonds. The van der Waals surface area contributed by atoms with Gasteiger partial charge in [0, 0.05) is 0 Å². The van der Waals surface area contributed by atoms with E-state index in [1.165, 1.54) is 5.56 Å². The fourth-order valence-electron chi connectivity index (χ4n) is 2.15. The fourth-order valence-corrected chi connectivity index (χ4v) is 2.15. The van der Waals surface area contributed by atoms with Gasteiger partial charge in [-0.15, -0.1) is 0 Å². The van der Waals surface area contributed by atoms with E-state index in [1.54, 1.807) is 18.2 Å². The molecular formula is C18H20O2. The van der Waals surface area contributed by atoms with Gasteiger partial charge in [-0.05, 0) is 40.7 Å². The molecule has 0 aliphatic carbocycles. The van der Waals surface area contributed by atoms with E-state index >= 15 is 0 Å². The van der Waals surface area contributed by atoms with Gasteiger partial charge in [0.15, 0.2) is 0 Å². The molecule has 2 heteroatoms. The summed E-state index contributed by atoms with van der Waals surface area (Å²) in [4.78, 5) is 11.0. The van der Waals surface area contributed by atoms with E-state index in [-0.39, 0.29) is 5.41 Å². The average molecular weight is 268 g/mol. The maximum Gasteiger partial charge on any atom is 0.335 e. The van der Waals surface area contributed by atoms with Crippen molar-refractivity contribution in [3.8, 4) is 11.1 Å². The topological polar surface area (TPSA) is 37.3 Å². The molecule has 0 heterocycles. The van der Waals surface area contributed by atoms with E-state index in [1.807, 2.05) is 6.07 Å². The fraction of sp³-hybridized carbons (Fsp3) is 0.278. The van der Waals surface area contributed by atoms with Gasteiger partial charge in [-0.3, -0.25) is 0 Å². The normalized spacial score (nSPS) is 11.3. The van der Waals surface area contributed by atoms with Crippen molar-refractivity contribution in [3.63, 3.8) is 0 Å². The van der Waals surface area contributed by atoms with Crippen molar-refractivity contribution in [1.29, 1.82) is 0 Å². The Morgan fingerprint density at radius 3 is 2.25 bits per heavy atom. The number of aromatic carboxylic acids is 1. The van der Waals surface area contributed by atoms with Crippen LogP contribution in [0.2, 0.25) is 0 Å². The van der Waals surface area contributed by atoms with Crippen molar-refractivity contribution < 1.29 is 9.90 Å². The van der Waals surface area contributed by atoms with Crippen LogP contribution in [-0.2, 0) is 5.41 Å². The Labute approximate surface area is 120 Å². The van der Waals surface area contributed by atoms with Crippen LogP contribution in [0.15, 0.2) is 48.5 Å². The number of carboxylic acids is 1. The second-order valence-electron chi connectivity index (χ2n) is 5.70. The maximum atomic E-state index is 11.0. The van der Waals surface area contributed by atoms with Gasteiger partial charge >= 0.3 is 5.97 Å². The Morgan fingerprint density at radius 2 is 1.70 bits per heavy atom. The second-order valence-corrected chi connectivity index (χ2v) is 5.70. The number of hydrogen-bond donors (Lipinski definition) is 1. The standard InChI is InChI=1S/C18H20O2/c1-4-18(2,3)16-10-8-13(9-11-16)14-6-5-7-15(12-14)17(19)20/h5-12H,4H2,1-3H3,(H,19,20). The summed E-state index contributed by atoms with van der Waals surface area (Å²) in [6.45, 7) is 6.64. The van der Waals surface area contributed by atoms with Crippen LogP contribution in [0.25, 0.3) is 11.1 Å². The highest BCUT2D eigenvalue weighted by Crippen LogP contribution is 2.29. The van der Waals surface area contributed by atoms with Crippen molar-refractivity contribution in [3.05, 3.63) is 59.7 Å². The largest absolute Gasteiger partial charge is 0.478 e. The summed E-state index contributed by atoms with van der Waals surface area (Å²) in [5.41, 5.74) is 3.77. The molecule has 2 aromatic rings. The van der Waals surface area contributed by atoms with Crippen LogP contribution in [0.1, 0.15) is 43.1 Å². The summed E-state index contributed by atoms with van der Waals surface area (Å²) in [5.74, 6) is -0.893. The quantitative estimate of drug-likeness (QED) is 0.869. The van der Waals surface area contributed by atoms with E-state index in [0.717, 1.165) is 17.5 Å². The summed E-state index contributed by atoms with van der Waals surface area (Å²) in [6, 6.07) is 15.4. The van der Waals surface area contributed by atoms with Gasteiger partial charge in [0.1, 0.15) is 0 Å². The van der Waals surface area contributed by atoms with E-state index in [4.69, 9.17) is 5.11 Å². The minimum Gasteiger partial charge on any atom is -0.478 e. The minimum atomic E-state index is -0.893. The molecule has 2 rings (SSSR count). The first-order valence-electron chi connectivity index (χ1n) is 6.88. The summed E-state index contributed by atoms with van der Waals surface area (Å²) >= 11 is 0. The van der Waals surface area contributed by atoms with Gasteiger partial charge in [0.2, 0.25) is 0 Å². The molecule has 0 radical (unpaired) electrons. The van der Waals surface area contributed by atoms with Crippen LogP contribution in [0.5, 0.6) is 0 Å². The molecule has 0 aliphatic heterocycles. The van der Waals surface area contributed by atoms with Gasteiger partial charge in [-0.25, -0.2) is 4.79 Å². The lowest BCUT2D eigenvalue weighted by Gasteiger charge is -2.23. The van der Waals surface area contributed by atoms with Gasteiger partial charge in [-0.1, -0.05) is 57.2 Å². The van der Waals surface area contributed by atoms with Gasteiger partial charge in [0.05, 0.1) is 5.56 Å². The van der Waals surface area contributed by atoms with E-state index < -0.39 is 5.97 Å². The summed E-state index contributed by atoms with van der Waals surface area (Å²) in [6.07, 6.45) is 1.08. The number of carboxylic acid groups (broad SMARTS) is 1. The Kier molecular flexibility index (Phi) is 3.93. The minimum absolute atomic E-state index is 0.168. The maximum absolute atomic E-state index is 11.0. The zero-order chi connectivity index (χ0) is 14.8. The molecule has 0 aromatic heterocycles. The van der Waals surface area contributed by atoms with Crippen LogP contribution in [0.3, 0.4) is 0 Å². The molecule has 0 unspecified atom stereocenters. The molecule has 0 aliphatic rings. The van der Waals surface area contributed by atoms with Crippen LogP contribution in [-0.4, -0.2) is 11.1 Å². The molecular weight excluding hydrogens is 248 g/mol. The Bertz CT molecular complexity index is 610. The number of benzene rings is 2. The predicted molar refractivity (Wildman–Crippen MR) is 82.2 cm³/mol. The smallest absolute Gasteiger partial charge is 0.335 e. The third kappa shape index (κ3) is 2.90. The van der Waals surface area contributed by atoms with Crippen molar-refractivity contribution in [2.24, 2.45) is 0 Å². The van der Waals surface area contributed by atoms with Crippen LogP contribution >= 0.6 is 0 Å². The molecule has 0 fully saturated rings. The number of carbonyl (C=O) groups is 1. The lowest BCUT2D eigenvalue weighted by atomic mass is 9.82. The van der Waals surface area contributed by atoms with Crippen LogP contribution < -0.4 is 0 Å². The Morgan fingerprint density at radius 1 is 1.05 bits per heavy atom. The number of hydrogen-bond acceptors (Lipinski definition) is 1. The zero-order valence-corrected chi connectivity index (χ0v) is 12.2. The lowest BCUT2D eigenvalue weighted by molar-refractivity contribution is 0.0697. The van der Waals surface area contributed by atoms with Gasteiger partial charge in [-0.2, -0.15) is 0 Å². The van der Waals surface area contributed by atoms with Gasteiger partial charge in [0.25, 0.3) is 0 Å². The Balaban J connectivity index is 2.35. The SMILES string of the molecule is CCC(C)(C)c1ccc(-c2cccc(C(=O)O)c2)cc1. The molecule has 0 atom stereocenters. The van der Waals surface area contributed by atoms with E-state index in [2.05, 4.69) is 45.0 Å². The first-order valence-corrected chi connectivity index (χ1v) is 6.88. The molecule has 1 N–H and O–H groups in total. The molecule has 104 valence electrons. The van der Waals surface area contributed by atoms with Crippen molar-refractivity contribution in [1.82, 2.24) is 0 Å². The molecule has 0 saturated carbocycles. The molecule has 2 aromatic carbocycles. The molecule has 20 heavy (non-hydrogen) atoms. The summed E-state index contributed by atoms with van der Waals surface area (Å²) in [5, 5.41) is 9.04. The highest BCUT2D eigenvalue weighted by atomic mass is 16.4. The van der Waals surface area contributed by atoms with Gasteiger partial charge < -0.3 is 5.11 Å². The molecule has 0 saturated heterocycles. The molecule has 0 bridgehead atoms. The second kappa shape index (κ2) is 5.49. The van der Waals surface area contributed by atoms with Crippen LogP contribution in [0.4, 0.5) is 0 Å².